The van der Waals surface area contributed by atoms with Gasteiger partial charge in [-0.25, -0.2) is 9.78 Å². The number of carbonyl (C=O) groups excluding carboxylic acids is 1. The molecular weight excluding hydrogens is 280 g/mol. The van der Waals surface area contributed by atoms with Crippen LogP contribution in [0, 0.1) is 20.8 Å². The quantitative estimate of drug-likeness (QED) is 0.695. The minimum Gasteiger partial charge on any atom is -0.463 e. The molecule has 0 amide bonds. The van der Waals surface area contributed by atoms with Gasteiger partial charge in [-0.3, -0.25) is 0 Å². The third kappa shape index (κ3) is 2.39. The predicted molar refractivity (Wildman–Crippen MR) is 83.1 cm³/mol. The summed E-state index contributed by atoms with van der Waals surface area (Å²) in [4.78, 5) is 16.0. The number of hydrogen-bond donors (Lipinski definition) is 0. The monoisotopic (exact) mass is 298 g/mol. The minimum atomic E-state index is -0.453. The highest BCUT2D eigenvalue weighted by Crippen LogP contribution is 2.21. The smallest absolute Gasteiger partial charge is 0.374 e. The fourth-order valence-corrected chi connectivity index (χ4v) is 2.53. The van der Waals surface area contributed by atoms with Crippen LogP contribution in [0.1, 0.15) is 33.0 Å². The van der Waals surface area contributed by atoms with Crippen molar-refractivity contribution in [3.8, 4) is 0 Å². The van der Waals surface area contributed by atoms with Gasteiger partial charge >= 0.3 is 5.97 Å². The van der Waals surface area contributed by atoms with Crippen molar-refractivity contribution in [1.82, 2.24) is 9.55 Å². The highest BCUT2D eigenvalue weighted by molar-refractivity contribution is 5.87. The normalized spacial score (nSPS) is 11.1. The molecule has 2 heterocycles. The van der Waals surface area contributed by atoms with Crippen LogP contribution in [0.2, 0.25) is 0 Å². The summed E-state index contributed by atoms with van der Waals surface area (Å²) in [6.45, 7) is 6.51. The van der Waals surface area contributed by atoms with Gasteiger partial charge in [0.15, 0.2) is 0 Å². The van der Waals surface area contributed by atoms with Crippen molar-refractivity contribution < 1.29 is 13.9 Å². The van der Waals surface area contributed by atoms with E-state index in [4.69, 9.17) is 9.15 Å². The number of aromatic nitrogens is 2. The molecule has 0 aliphatic carbocycles. The second-order valence-corrected chi connectivity index (χ2v) is 5.51. The van der Waals surface area contributed by atoms with E-state index in [9.17, 15) is 4.79 Å². The van der Waals surface area contributed by atoms with Crippen molar-refractivity contribution in [3.63, 3.8) is 0 Å². The second-order valence-electron chi connectivity index (χ2n) is 5.51. The maximum absolute atomic E-state index is 11.6. The lowest BCUT2D eigenvalue weighted by Crippen LogP contribution is -2.01. The van der Waals surface area contributed by atoms with Crippen LogP contribution in [-0.4, -0.2) is 22.6 Å². The van der Waals surface area contributed by atoms with Crippen LogP contribution in [0.25, 0.3) is 11.0 Å². The zero-order valence-electron chi connectivity index (χ0n) is 13.1. The highest BCUT2D eigenvalue weighted by atomic mass is 16.5. The van der Waals surface area contributed by atoms with E-state index in [1.807, 2.05) is 17.6 Å². The summed E-state index contributed by atoms with van der Waals surface area (Å²) >= 11 is 0. The Morgan fingerprint density at radius 1 is 1.18 bits per heavy atom. The molecule has 3 rings (SSSR count). The van der Waals surface area contributed by atoms with Gasteiger partial charge in [0.2, 0.25) is 5.76 Å². The molecule has 1 aromatic carbocycles. The van der Waals surface area contributed by atoms with Crippen molar-refractivity contribution in [2.24, 2.45) is 0 Å². The van der Waals surface area contributed by atoms with E-state index in [0.717, 1.165) is 16.6 Å². The Morgan fingerprint density at radius 3 is 2.64 bits per heavy atom. The Hall–Kier alpha value is -2.56. The van der Waals surface area contributed by atoms with Gasteiger partial charge in [-0.15, -0.1) is 0 Å². The molecule has 0 saturated carbocycles. The van der Waals surface area contributed by atoms with Crippen molar-refractivity contribution in [2.75, 3.05) is 7.11 Å². The van der Waals surface area contributed by atoms with Crippen LogP contribution in [-0.2, 0) is 11.3 Å². The summed E-state index contributed by atoms with van der Waals surface area (Å²) in [7, 11) is 1.35. The standard InChI is InChI=1S/C17H18N2O3/c1-10-6-14-15(7-11(10)2)19(9-18-14)8-13-5-12(3)16(22-13)17(20)21-4/h5-7,9H,8H2,1-4H3. The molecule has 0 atom stereocenters. The third-order valence-electron chi connectivity index (χ3n) is 3.90. The highest BCUT2D eigenvalue weighted by Gasteiger charge is 2.16. The van der Waals surface area contributed by atoms with Crippen molar-refractivity contribution in [2.45, 2.75) is 27.3 Å². The number of nitrogens with zero attached hydrogens (tertiary/aromatic N) is 2. The van der Waals surface area contributed by atoms with Crippen LogP contribution in [0.5, 0.6) is 0 Å². The number of hydrogen-bond acceptors (Lipinski definition) is 4. The van der Waals surface area contributed by atoms with Gasteiger partial charge < -0.3 is 13.7 Å². The van der Waals surface area contributed by atoms with Gasteiger partial charge in [0.25, 0.3) is 0 Å². The topological polar surface area (TPSA) is 57.3 Å². The average Bonchev–Trinajstić information content (AvgIpc) is 3.03. The molecule has 0 unspecified atom stereocenters. The fourth-order valence-electron chi connectivity index (χ4n) is 2.53. The Balaban J connectivity index is 1.97. The molecule has 0 bridgehead atoms. The number of ether oxygens (including phenoxy) is 1. The number of esters is 1. The molecule has 5 heteroatoms. The molecular formula is C17H18N2O3. The first kappa shape index (κ1) is 14.4. The molecule has 3 aromatic rings. The third-order valence-corrected chi connectivity index (χ3v) is 3.90. The predicted octanol–water partition coefficient (Wildman–Crippen LogP) is 3.39. The van der Waals surface area contributed by atoms with E-state index < -0.39 is 5.97 Å². The fraction of sp³-hybridized carbons (Fsp3) is 0.294. The lowest BCUT2D eigenvalue weighted by atomic mass is 10.1. The zero-order valence-corrected chi connectivity index (χ0v) is 13.1. The molecule has 0 saturated heterocycles. The molecule has 0 aliphatic heterocycles. The first-order valence-electron chi connectivity index (χ1n) is 7.09. The lowest BCUT2D eigenvalue weighted by Gasteiger charge is -2.04. The summed E-state index contributed by atoms with van der Waals surface area (Å²) < 4.78 is 12.3. The Morgan fingerprint density at radius 2 is 1.91 bits per heavy atom. The Bertz CT molecular complexity index is 858. The van der Waals surface area contributed by atoms with Gasteiger partial charge in [0.05, 0.1) is 31.0 Å². The van der Waals surface area contributed by atoms with Gasteiger partial charge in [-0.2, -0.15) is 0 Å². The van der Waals surface area contributed by atoms with E-state index in [-0.39, 0.29) is 5.76 Å². The van der Waals surface area contributed by atoms with Crippen LogP contribution in [0.15, 0.2) is 28.9 Å². The first-order valence-corrected chi connectivity index (χ1v) is 7.09. The SMILES string of the molecule is COC(=O)c1oc(Cn2cnc3cc(C)c(C)cc32)cc1C. The number of aryl methyl sites for hydroxylation is 3. The summed E-state index contributed by atoms with van der Waals surface area (Å²) in [5, 5.41) is 0. The minimum absolute atomic E-state index is 0.258. The van der Waals surface area contributed by atoms with Crippen molar-refractivity contribution in [1.29, 1.82) is 0 Å². The van der Waals surface area contributed by atoms with E-state index in [1.54, 1.807) is 6.33 Å². The molecule has 0 aliphatic rings. The van der Waals surface area contributed by atoms with Gasteiger partial charge in [-0.1, -0.05) is 0 Å². The number of methoxy groups -OCH3 is 1. The molecule has 0 fully saturated rings. The van der Waals surface area contributed by atoms with Gasteiger partial charge in [0, 0.05) is 5.56 Å². The van der Waals surface area contributed by atoms with E-state index in [0.29, 0.717) is 12.3 Å². The average molecular weight is 298 g/mol. The summed E-state index contributed by atoms with van der Waals surface area (Å²) in [6, 6.07) is 6.06. The molecule has 114 valence electrons. The molecule has 0 spiro atoms. The number of carbonyl (C=O) groups is 1. The largest absolute Gasteiger partial charge is 0.463 e. The molecule has 2 aromatic heterocycles. The first-order chi connectivity index (χ1) is 10.5. The summed E-state index contributed by atoms with van der Waals surface area (Å²) in [6.07, 6.45) is 1.79. The maximum Gasteiger partial charge on any atom is 0.374 e. The number of benzene rings is 1. The van der Waals surface area contributed by atoms with E-state index in [2.05, 4.69) is 31.0 Å². The van der Waals surface area contributed by atoms with Crippen molar-refractivity contribution >= 4 is 17.0 Å². The van der Waals surface area contributed by atoms with Crippen LogP contribution >= 0.6 is 0 Å². The Labute approximate surface area is 128 Å². The number of rotatable bonds is 3. The van der Waals surface area contributed by atoms with Gasteiger partial charge in [0.1, 0.15) is 5.76 Å². The van der Waals surface area contributed by atoms with Crippen LogP contribution in [0.3, 0.4) is 0 Å². The Kier molecular flexibility index (Phi) is 3.48. The van der Waals surface area contributed by atoms with Crippen LogP contribution in [0.4, 0.5) is 0 Å². The second kappa shape index (κ2) is 5.33. The number of furan rings is 1. The molecule has 0 radical (unpaired) electrons. The number of imidazole rings is 1. The number of fused-ring (bicyclic) bond motifs is 1. The van der Waals surface area contributed by atoms with Crippen LogP contribution < -0.4 is 0 Å². The lowest BCUT2D eigenvalue weighted by molar-refractivity contribution is 0.0562. The van der Waals surface area contributed by atoms with E-state index in [1.165, 1.54) is 18.2 Å². The van der Waals surface area contributed by atoms with Gasteiger partial charge in [-0.05, 0) is 50.1 Å². The van der Waals surface area contributed by atoms with Crippen molar-refractivity contribution in [3.05, 3.63) is 52.7 Å². The summed E-state index contributed by atoms with van der Waals surface area (Å²) in [5.41, 5.74) is 5.23. The van der Waals surface area contributed by atoms with E-state index >= 15 is 0 Å². The zero-order chi connectivity index (χ0) is 15.9. The maximum atomic E-state index is 11.6. The molecule has 22 heavy (non-hydrogen) atoms. The molecule has 5 nitrogen and oxygen atoms in total. The summed E-state index contributed by atoms with van der Waals surface area (Å²) in [5.74, 6) is 0.509. The molecule has 0 N–H and O–H groups in total.